The lowest BCUT2D eigenvalue weighted by atomic mass is 10.0. The fourth-order valence-electron chi connectivity index (χ4n) is 5.96. The minimum Gasteiger partial charge on any atom is -0.462 e. The van der Waals surface area contributed by atoms with Gasteiger partial charge in [0.25, 0.3) is 0 Å². The molecule has 0 aliphatic heterocycles. The first-order chi connectivity index (χ1) is 22.6. The topological polar surface area (TPSA) is 72.8 Å². The molecular formula is C41H78O5. The number of unbranched alkanes of at least 4 members (excludes halogenated alkanes) is 27. The highest BCUT2D eigenvalue weighted by Crippen LogP contribution is 2.15. The van der Waals surface area contributed by atoms with Crippen LogP contribution >= 0.6 is 0 Å². The Morgan fingerprint density at radius 2 is 0.804 bits per heavy atom. The maximum absolute atomic E-state index is 12.2. The summed E-state index contributed by atoms with van der Waals surface area (Å²) < 4.78 is 10.6. The molecule has 0 amide bonds. The fraction of sp³-hybridized carbons (Fsp3) is 0.902. The average molecular weight is 651 g/mol. The van der Waals surface area contributed by atoms with Crippen LogP contribution in [-0.4, -0.2) is 36.4 Å². The van der Waals surface area contributed by atoms with Crippen LogP contribution in [0.25, 0.3) is 0 Å². The quantitative estimate of drug-likeness (QED) is 0.0411. The van der Waals surface area contributed by atoms with Gasteiger partial charge in [0.05, 0.1) is 6.61 Å². The van der Waals surface area contributed by atoms with E-state index in [1.807, 2.05) is 0 Å². The maximum atomic E-state index is 12.2. The van der Waals surface area contributed by atoms with Crippen LogP contribution in [0.3, 0.4) is 0 Å². The Morgan fingerprint density at radius 3 is 1.17 bits per heavy atom. The van der Waals surface area contributed by atoms with Crippen LogP contribution in [0.15, 0.2) is 12.2 Å². The van der Waals surface area contributed by atoms with E-state index >= 15 is 0 Å². The predicted octanol–water partition coefficient (Wildman–Crippen LogP) is 12.5. The van der Waals surface area contributed by atoms with Crippen molar-refractivity contribution < 1.29 is 24.2 Å². The Balaban J connectivity index is 3.50. The van der Waals surface area contributed by atoms with Crippen LogP contribution in [0, 0.1) is 0 Å². The minimum absolute atomic E-state index is 0.0605. The number of hydrogen-bond acceptors (Lipinski definition) is 5. The number of allylic oxidation sites excluding steroid dienone is 2. The number of ether oxygens (including phenoxy) is 2. The van der Waals surface area contributed by atoms with Gasteiger partial charge in [0, 0.05) is 12.8 Å². The number of rotatable bonds is 37. The van der Waals surface area contributed by atoms with Crippen molar-refractivity contribution in [2.45, 2.75) is 225 Å². The predicted molar refractivity (Wildman–Crippen MR) is 196 cm³/mol. The molecule has 0 fully saturated rings. The lowest BCUT2D eigenvalue weighted by Gasteiger charge is -2.15. The summed E-state index contributed by atoms with van der Waals surface area (Å²) in [4.78, 5) is 24.2. The lowest BCUT2D eigenvalue weighted by molar-refractivity contribution is -0.161. The average Bonchev–Trinajstić information content (AvgIpc) is 3.06. The number of aliphatic hydroxyl groups excluding tert-OH is 1. The molecule has 272 valence electrons. The molecule has 0 saturated carbocycles. The van der Waals surface area contributed by atoms with Crippen LogP contribution < -0.4 is 0 Å². The van der Waals surface area contributed by atoms with Gasteiger partial charge in [-0.05, 0) is 38.5 Å². The Kier molecular flexibility index (Phi) is 37.0. The van der Waals surface area contributed by atoms with E-state index in [-0.39, 0.29) is 25.2 Å². The first kappa shape index (κ1) is 44.6. The van der Waals surface area contributed by atoms with Gasteiger partial charge >= 0.3 is 11.9 Å². The number of hydrogen-bond donors (Lipinski definition) is 1. The van der Waals surface area contributed by atoms with Crippen molar-refractivity contribution in [2.75, 3.05) is 13.2 Å². The summed E-state index contributed by atoms with van der Waals surface area (Å²) >= 11 is 0. The van der Waals surface area contributed by atoms with Crippen molar-refractivity contribution in [3.8, 4) is 0 Å². The van der Waals surface area contributed by atoms with E-state index in [1.54, 1.807) is 0 Å². The first-order valence-electron chi connectivity index (χ1n) is 20.2. The number of aliphatic hydroxyl groups is 1. The molecule has 1 atom stereocenters. The third-order valence-electron chi connectivity index (χ3n) is 9.06. The van der Waals surface area contributed by atoms with Crippen molar-refractivity contribution in [2.24, 2.45) is 0 Å². The maximum Gasteiger partial charge on any atom is 0.306 e. The molecule has 0 spiro atoms. The van der Waals surface area contributed by atoms with Crippen molar-refractivity contribution in [1.29, 1.82) is 0 Å². The van der Waals surface area contributed by atoms with E-state index in [4.69, 9.17) is 9.47 Å². The van der Waals surface area contributed by atoms with E-state index in [2.05, 4.69) is 26.0 Å². The van der Waals surface area contributed by atoms with E-state index in [1.165, 1.54) is 154 Å². The highest BCUT2D eigenvalue weighted by atomic mass is 16.6. The monoisotopic (exact) mass is 651 g/mol. The van der Waals surface area contributed by atoms with Gasteiger partial charge in [-0.15, -0.1) is 0 Å². The van der Waals surface area contributed by atoms with Crippen molar-refractivity contribution >= 4 is 11.9 Å². The van der Waals surface area contributed by atoms with Crippen LogP contribution in [0.1, 0.15) is 219 Å². The SMILES string of the molecule is CCCCCCCC/C=C\CCCCCCCCCCCC(=O)OC(CO)COC(=O)CCCCCCCCCCCCCCC. The Bertz CT molecular complexity index is 661. The van der Waals surface area contributed by atoms with Crippen LogP contribution in [0.5, 0.6) is 0 Å². The van der Waals surface area contributed by atoms with Gasteiger partial charge in [-0.1, -0.05) is 180 Å². The number of esters is 2. The van der Waals surface area contributed by atoms with Gasteiger partial charge in [0.15, 0.2) is 6.10 Å². The molecule has 0 aliphatic rings. The molecule has 5 heteroatoms. The molecule has 0 heterocycles. The van der Waals surface area contributed by atoms with Gasteiger partial charge in [-0.25, -0.2) is 0 Å². The number of carbonyl (C=O) groups is 2. The van der Waals surface area contributed by atoms with E-state index in [0.717, 1.165) is 38.5 Å². The third kappa shape index (κ3) is 35.5. The summed E-state index contributed by atoms with van der Waals surface area (Å²) in [6, 6.07) is 0. The standard InChI is InChI=1S/C41H78O5/c1-3-5-7-9-11-13-15-17-18-19-20-21-22-24-26-28-30-32-34-36-41(44)46-39(37-42)38-45-40(43)35-33-31-29-27-25-23-16-14-12-10-8-6-4-2/h17-18,39,42H,3-16,19-38H2,1-2H3/b18-17-. The normalized spacial score (nSPS) is 12.2. The smallest absolute Gasteiger partial charge is 0.306 e. The highest BCUT2D eigenvalue weighted by molar-refractivity contribution is 5.70. The van der Waals surface area contributed by atoms with Crippen LogP contribution in [0.2, 0.25) is 0 Å². The van der Waals surface area contributed by atoms with Crippen molar-refractivity contribution in [3.05, 3.63) is 12.2 Å². The number of carbonyl (C=O) groups excluding carboxylic acids is 2. The van der Waals surface area contributed by atoms with E-state index in [9.17, 15) is 14.7 Å². The Hall–Kier alpha value is -1.36. The molecule has 1 unspecified atom stereocenters. The largest absolute Gasteiger partial charge is 0.462 e. The van der Waals surface area contributed by atoms with Gasteiger partial charge in [0.1, 0.15) is 6.61 Å². The molecular weight excluding hydrogens is 572 g/mol. The van der Waals surface area contributed by atoms with Crippen molar-refractivity contribution in [3.63, 3.8) is 0 Å². The minimum atomic E-state index is -0.765. The molecule has 46 heavy (non-hydrogen) atoms. The summed E-state index contributed by atoms with van der Waals surface area (Å²) in [6.45, 7) is 4.15. The van der Waals surface area contributed by atoms with Crippen LogP contribution in [-0.2, 0) is 19.1 Å². The molecule has 0 rings (SSSR count). The lowest BCUT2D eigenvalue weighted by Crippen LogP contribution is -2.28. The molecule has 0 saturated heterocycles. The molecule has 0 aromatic rings. The molecule has 0 aromatic heterocycles. The summed E-state index contributed by atoms with van der Waals surface area (Å²) in [6.07, 6.45) is 42.7. The molecule has 0 radical (unpaired) electrons. The fourth-order valence-corrected chi connectivity index (χ4v) is 5.96. The molecule has 5 nitrogen and oxygen atoms in total. The second-order valence-corrected chi connectivity index (χ2v) is 13.7. The van der Waals surface area contributed by atoms with Crippen molar-refractivity contribution in [1.82, 2.24) is 0 Å². The third-order valence-corrected chi connectivity index (χ3v) is 9.06. The molecule has 0 bridgehead atoms. The zero-order valence-electron chi connectivity index (χ0n) is 30.9. The van der Waals surface area contributed by atoms with Gasteiger partial charge in [-0.2, -0.15) is 0 Å². The second-order valence-electron chi connectivity index (χ2n) is 13.7. The zero-order valence-corrected chi connectivity index (χ0v) is 30.9. The summed E-state index contributed by atoms with van der Waals surface area (Å²) in [5, 5.41) is 9.55. The zero-order chi connectivity index (χ0) is 33.6. The van der Waals surface area contributed by atoms with Gasteiger partial charge < -0.3 is 14.6 Å². The van der Waals surface area contributed by atoms with Crippen LogP contribution in [0.4, 0.5) is 0 Å². The molecule has 0 aromatic carbocycles. The first-order valence-corrected chi connectivity index (χ1v) is 20.2. The van der Waals surface area contributed by atoms with Gasteiger partial charge in [0.2, 0.25) is 0 Å². The van der Waals surface area contributed by atoms with E-state index in [0.29, 0.717) is 12.8 Å². The second kappa shape index (κ2) is 38.1. The molecule has 0 aliphatic carbocycles. The van der Waals surface area contributed by atoms with E-state index < -0.39 is 6.10 Å². The Morgan fingerprint density at radius 1 is 0.478 bits per heavy atom. The summed E-state index contributed by atoms with van der Waals surface area (Å²) in [5.74, 6) is -0.583. The molecule has 1 N–H and O–H groups in total. The summed E-state index contributed by atoms with van der Waals surface area (Å²) in [7, 11) is 0. The Labute approximate surface area is 286 Å². The van der Waals surface area contributed by atoms with Gasteiger partial charge in [-0.3, -0.25) is 9.59 Å². The summed E-state index contributed by atoms with van der Waals surface area (Å²) in [5.41, 5.74) is 0. The highest BCUT2D eigenvalue weighted by Gasteiger charge is 2.16.